The Balaban J connectivity index is 0.000000520. The number of carboxylic acid groups (broad SMARTS) is 2. The van der Waals surface area contributed by atoms with E-state index in [2.05, 4.69) is 96.9 Å². The quantitative estimate of drug-likeness (QED) is 0.165. The minimum Gasteiger partial charge on any atom is -0.478 e. The number of anilines is 1. The van der Waals surface area contributed by atoms with Crippen LogP contribution in [0.25, 0.3) is 6.08 Å². The van der Waals surface area contributed by atoms with Crippen LogP contribution in [0, 0.1) is 0 Å². The number of benzene rings is 4. The van der Waals surface area contributed by atoms with Crippen molar-refractivity contribution in [1.29, 1.82) is 0 Å². The van der Waals surface area contributed by atoms with Crippen molar-refractivity contribution in [3.05, 3.63) is 142 Å². The molecule has 5 rings (SSSR count). The molecule has 0 aromatic heterocycles. The van der Waals surface area contributed by atoms with Gasteiger partial charge in [-0.05, 0) is 105 Å². The molecule has 0 fully saturated rings. The van der Waals surface area contributed by atoms with Crippen molar-refractivity contribution >= 4 is 23.7 Å². The Bertz CT molecular complexity index is 1780. The van der Waals surface area contributed by atoms with Crippen LogP contribution in [0.15, 0.2) is 97.1 Å². The lowest BCUT2D eigenvalue weighted by atomic mass is 9.60. The van der Waals surface area contributed by atoms with Crippen LogP contribution < -0.4 is 4.90 Å². The number of carboxylic acids is 2. The molecule has 258 valence electrons. The molecule has 1 aliphatic rings. The second-order valence-corrected chi connectivity index (χ2v) is 15.3. The van der Waals surface area contributed by atoms with Crippen LogP contribution in [0.3, 0.4) is 0 Å². The zero-order chi connectivity index (χ0) is 36.1. The minimum absolute atomic E-state index is 0.0171. The fourth-order valence-corrected chi connectivity index (χ4v) is 6.67. The lowest BCUT2D eigenvalue weighted by Crippen LogP contribution is -2.36. The number of hydrogen-bond donors (Lipinski definition) is 3. The highest BCUT2D eigenvalue weighted by atomic mass is 16.4. The van der Waals surface area contributed by atoms with Gasteiger partial charge in [0.1, 0.15) is 0 Å². The minimum atomic E-state index is -0.945. The molecule has 49 heavy (non-hydrogen) atoms. The van der Waals surface area contributed by atoms with E-state index in [-0.39, 0.29) is 21.8 Å². The summed E-state index contributed by atoms with van der Waals surface area (Å²) in [4.78, 5) is 23.5. The Kier molecular flexibility index (Phi) is 11.2. The van der Waals surface area contributed by atoms with Gasteiger partial charge in [-0.25, -0.2) is 9.59 Å². The van der Waals surface area contributed by atoms with E-state index in [4.69, 9.17) is 5.11 Å². The van der Waals surface area contributed by atoms with Gasteiger partial charge in [0.15, 0.2) is 0 Å². The van der Waals surface area contributed by atoms with Crippen LogP contribution in [-0.2, 0) is 22.7 Å². The normalized spacial score (nSPS) is 15.4. The van der Waals surface area contributed by atoms with Crippen LogP contribution in [0.5, 0.6) is 0 Å². The predicted molar refractivity (Wildman–Crippen MR) is 200 cm³/mol. The average molecular weight is 662 g/mol. The van der Waals surface area contributed by atoms with Gasteiger partial charge in [0.25, 0.3) is 0 Å². The standard InChI is InChI=1S/C36H45NO3.C7H6O2/c1-34(2)19-20-35(3,4)32-27(23-36(5,6)28-14-16-29(17-15-28)37(7)8)21-26(22-30(32)34)31(38)18-11-24-9-12-25(13-10-24)33(39)40;8-7(9)6-4-2-1-3-5-6/h9-18,21-22,31,38H,19-20,23H2,1-8H3,(H,39,40);1-5H,(H,8,9). The van der Waals surface area contributed by atoms with Crippen molar-refractivity contribution in [1.82, 2.24) is 0 Å². The molecule has 6 heteroatoms. The zero-order valence-electron chi connectivity index (χ0n) is 30.1. The van der Waals surface area contributed by atoms with E-state index in [0.29, 0.717) is 5.56 Å². The first-order valence-electron chi connectivity index (χ1n) is 16.8. The molecule has 1 atom stereocenters. The molecule has 6 nitrogen and oxygen atoms in total. The van der Waals surface area contributed by atoms with Crippen molar-refractivity contribution in [2.24, 2.45) is 0 Å². The first-order valence-corrected chi connectivity index (χ1v) is 16.8. The maximum absolute atomic E-state index is 11.4. The highest BCUT2D eigenvalue weighted by molar-refractivity contribution is 5.88. The molecule has 0 saturated carbocycles. The van der Waals surface area contributed by atoms with Gasteiger partial charge >= 0.3 is 11.9 Å². The Labute approximate surface area is 291 Å². The molecular formula is C43H51NO5. The van der Waals surface area contributed by atoms with Crippen LogP contribution >= 0.6 is 0 Å². The Morgan fingerprint density at radius 1 is 0.796 bits per heavy atom. The first-order chi connectivity index (χ1) is 22.9. The van der Waals surface area contributed by atoms with Crippen molar-refractivity contribution in [3.8, 4) is 0 Å². The fourth-order valence-electron chi connectivity index (χ4n) is 6.67. The maximum Gasteiger partial charge on any atom is 0.335 e. The van der Waals surface area contributed by atoms with Crippen molar-refractivity contribution in [2.45, 2.75) is 83.2 Å². The molecule has 1 aliphatic carbocycles. The van der Waals surface area contributed by atoms with E-state index < -0.39 is 18.0 Å². The third-order valence-electron chi connectivity index (χ3n) is 9.81. The molecule has 0 aliphatic heterocycles. The van der Waals surface area contributed by atoms with Gasteiger partial charge < -0.3 is 20.2 Å². The van der Waals surface area contributed by atoms with E-state index in [1.54, 1.807) is 60.7 Å². The van der Waals surface area contributed by atoms with Crippen molar-refractivity contribution < 1.29 is 24.9 Å². The number of fused-ring (bicyclic) bond motifs is 1. The topological polar surface area (TPSA) is 98.1 Å². The number of nitrogens with zero attached hydrogens (tertiary/aromatic N) is 1. The van der Waals surface area contributed by atoms with Gasteiger partial charge in [0.05, 0.1) is 17.2 Å². The number of aliphatic hydroxyl groups excluding tert-OH is 1. The summed E-state index contributed by atoms with van der Waals surface area (Å²) >= 11 is 0. The van der Waals surface area contributed by atoms with Gasteiger partial charge in [-0.1, -0.05) is 108 Å². The summed E-state index contributed by atoms with van der Waals surface area (Å²) in [5.41, 5.74) is 8.89. The third kappa shape index (κ3) is 9.07. The molecule has 0 heterocycles. The first kappa shape index (κ1) is 37.1. The van der Waals surface area contributed by atoms with E-state index in [0.717, 1.165) is 30.4 Å². The van der Waals surface area contributed by atoms with Gasteiger partial charge in [0, 0.05) is 19.8 Å². The van der Waals surface area contributed by atoms with E-state index >= 15 is 0 Å². The molecular weight excluding hydrogens is 610 g/mol. The number of rotatable bonds is 9. The second-order valence-electron chi connectivity index (χ2n) is 15.3. The highest BCUT2D eigenvalue weighted by Crippen LogP contribution is 2.49. The monoisotopic (exact) mass is 661 g/mol. The number of hydrogen-bond acceptors (Lipinski definition) is 4. The average Bonchev–Trinajstić information content (AvgIpc) is 3.06. The maximum atomic E-state index is 11.4. The van der Waals surface area contributed by atoms with Crippen molar-refractivity contribution in [3.63, 3.8) is 0 Å². The summed E-state index contributed by atoms with van der Waals surface area (Å²) in [5.74, 6) is -1.82. The smallest absolute Gasteiger partial charge is 0.335 e. The Morgan fingerprint density at radius 2 is 1.35 bits per heavy atom. The molecule has 0 bridgehead atoms. The van der Waals surface area contributed by atoms with Gasteiger partial charge in [-0.15, -0.1) is 0 Å². The van der Waals surface area contributed by atoms with E-state index in [1.807, 2.05) is 6.08 Å². The highest BCUT2D eigenvalue weighted by Gasteiger charge is 2.40. The molecule has 1 unspecified atom stereocenters. The molecule has 0 amide bonds. The summed E-state index contributed by atoms with van der Waals surface area (Å²) in [6.07, 6.45) is 6.00. The summed E-state index contributed by atoms with van der Waals surface area (Å²) in [6.45, 7) is 14.0. The predicted octanol–water partition coefficient (Wildman–Crippen LogP) is 9.45. The molecule has 0 saturated heterocycles. The summed E-state index contributed by atoms with van der Waals surface area (Å²) in [7, 11) is 4.12. The van der Waals surface area contributed by atoms with Gasteiger partial charge in [-0.2, -0.15) is 0 Å². The molecule has 0 spiro atoms. The van der Waals surface area contributed by atoms with Crippen LogP contribution in [0.4, 0.5) is 5.69 Å². The van der Waals surface area contributed by atoms with E-state index in [9.17, 15) is 19.8 Å². The number of aromatic carboxylic acids is 2. The fraction of sp³-hybridized carbons (Fsp3) is 0.349. The van der Waals surface area contributed by atoms with Crippen LogP contribution in [0.2, 0.25) is 0 Å². The summed E-state index contributed by atoms with van der Waals surface area (Å²) in [5, 5.41) is 28.9. The SMILES string of the molecule is CN(C)c1ccc(C(C)(C)Cc2cc(C(O)C=Cc3ccc(C(=O)O)cc3)cc3c2C(C)(C)CCC3(C)C)cc1.O=C(O)c1ccccc1. The van der Waals surface area contributed by atoms with Gasteiger partial charge in [0.2, 0.25) is 0 Å². The third-order valence-corrected chi connectivity index (χ3v) is 9.81. The van der Waals surface area contributed by atoms with Crippen LogP contribution in [-0.4, -0.2) is 41.4 Å². The second kappa shape index (κ2) is 14.8. The summed E-state index contributed by atoms with van der Waals surface area (Å²) in [6, 6.07) is 28.3. The lowest BCUT2D eigenvalue weighted by Gasteiger charge is -2.44. The lowest BCUT2D eigenvalue weighted by molar-refractivity contribution is 0.0686. The zero-order valence-corrected chi connectivity index (χ0v) is 30.1. The summed E-state index contributed by atoms with van der Waals surface area (Å²) < 4.78 is 0. The largest absolute Gasteiger partial charge is 0.478 e. The van der Waals surface area contributed by atoms with Gasteiger partial charge in [-0.3, -0.25) is 0 Å². The molecule has 4 aromatic rings. The van der Waals surface area contributed by atoms with Crippen molar-refractivity contribution in [2.75, 3.05) is 19.0 Å². The molecule has 0 radical (unpaired) electrons. The molecule has 4 aromatic carbocycles. The molecule has 3 N–H and O–H groups in total. The Hall–Kier alpha value is -4.68. The van der Waals surface area contributed by atoms with Crippen LogP contribution in [0.1, 0.15) is 115 Å². The Morgan fingerprint density at radius 3 is 1.88 bits per heavy atom. The number of carbonyl (C=O) groups is 2. The van der Waals surface area contributed by atoms with E-state index in [1.165, 1.54) is 27.9 Å². The number of aliphatic hydroxyl groups is 1.